The van der Waals surface area contributed by atoms with Crippen LogP contribution < -0.4 is 11.1 Å². The third-order valence-electron chi connectivity index (χ3n) is 1.88. The van der Waals surface area contributed by atoms with Gasteiger partial charge in [0.25, 0.3) is 5.91 Å². The number of nitrogens with two attached hydrogens (primary N) is 1. The van der Waals surface area contributed by atoms with E-state index in [2.05, 4.69) is 5.32 Å². The minimum absolute atomic E-state index is 0.238. The summed E-state index contributed by atoms with van der Waals surface area (Å²) >= 11 is 12.0. The zero-order valence-electron chi connectivity index (χ0n) is 8.33. The van der Waals surface area contributed by atoms with Crippen LogP contribution >= 0.6 is 35.2 Å². The van der Waals surface area contributed by atoms with Gasteiger partial charge in [0.05, 0.1) is 16.1 Å². The van der Waals surface area contributed by atoms with Gasteiger partial charge in [-0.25, -0.2) is 0 Å². The third-order valence-corrected chi connectivity index (χ3v) is 3.93. The minimum Gasteiger partial charge on any atom is -0.392 e. The molecule has 1 heterocycles. The normalized spacial score (nSPS) is 12.2. The highest BCUT2D eigenvalue weighted by molar-refractivity contribution is 7.80. The fourth-order valence-corrected chi connectivity index (χ4v) is 2.16. The van der Waals surface area contributed by atoms with Crippen LogP contribution in [0.4, 0.5) is 0 Å². The number of carbonyl (C=O) groups excluding carboxylic acids is 1. The Morgan fingerprint density at radius 3 is 2.73 bits per heavy atom. The number of aryl methyl sites for hydroxylation is 1. The number of carbonyl (C=O) groups is 1. The molecule has 1 amide bonds. The van der Waals surface area contributed by atoms with Gasteiger partial charge in [0.2, 0.25) is 0 Å². The Kier molecular flexibility index (Phi) is 4.07. The van der Waals surface area contributed by atoms with Crippen molar-refractivity contribution < 1.29 is 4.79 Å². The van der Waals surface area contributed by atoms with Crippen molar-refractivity contribution in [1.82, 2.24) is 5.32 Å². The van der Waals surface area contributed by atoms with Gasteiger partial charge in [-0.1, -0.05) is 23.8 Å². The fraction of sp³-hybridized carbons (Fsp3) is 0.333. The maximum absolute atomic E-state index is 11.7. The Morgan fingerprint density at radius 1 is 1.73 bits per heavy atom. The number of rotatable bonds is 3. The van der Waals surface area contributed by atoms with Gasteiger partial charge in [0, 0.05) is 0 Å². The summed E-state index contributed by atoms with van der Waals surface area (Å²) in [6.07, 6.45) is 0. The molecule has 1 aromatic rings. The summed E-state index contributed by atoms with van der Waals surface area (Å²) in [6, 6.07) is -0.328. The molecule has 1 unspecified atom stereocenters. The predicted molar refractivity (Wildman–Crippen MR) is 67.8 cm³/mol. The number of hydrogen-bond acceptors (Lipinski definition) is 3. The lowest BCUT2D eigenvalue weighted by molar-refractivity contribution is 0.0953. The Bertz CT molecular complexity index is 403. The van der Waals surface area contributed by atoms with Crippen molar-refractivity contribution in [2.75, 3.05) is 0 Å². The fourth-order valence-electron chi connectivity index (χ4n) is 0.916. The Labute approximate surface area is 103 Å². The molecule has 0 aliphatic rings. The van der Waals surface area contributed by atoms with Crippen molar-refractivity contribution in [3.8, 4) is 0 Å². The lowest BCUT2D eigenvalue weighted by Crippen LogP contribution is -2.41. The van der Waals surface area contributed by atoms with Gasteiger partial charge in [0.15, 0.2) is 0 Å². The van der Waals surface area contributed by atoms with Crippen LogP contribution in [0.5, 0.6) is 0 Å². The lowest BCUT2D eigenvalue weighted by atomic mass is 10.3. The first-order valence-corrected chi connectivity index (χ1v) is 5.93. The van der Waals surface area contributed by atoms with E-state index in [-0.39, 0.29) is 16.9 Å². The predicted octanol–water partition coefficient (Wildman–Crippen LogP) is 2.11. The highest BCUT2D eigenvalue weighted by Crippen LogP contribution is 2.26. The van der Waals surface area contributed by atoms with Crippen LogP contribution in [0.3, 0.4) is 0 Å². The van der Waals surface area contributed by atoms with Crippen molar-refractivity contribution in [3.05, 3.63) is 20.8 Å². The molecule has 1 aromatic heterocycles. The number of nitrogens with one attached hydrogen (secondary N) is 1. The number of amides is 1. The molecule has 0 saturated carbocycles. The molecule has 82 valence electrons. The Balaban J connectivity index is 2.78. The molecule has 0 bridgehead atoms. The topological polar surface area (TPSA) is 55.1 Å². The summed E-state index contributed by atoms with van der Waals surface area (Å²) in [5.41, 5.74) is 6.29. The van der Waals surface area contributed by atoms with Crippen LogP contribution in [-0.2, 0) is 0 Å². The molecule has 0 aromatic carbocycles. The summed E-state index contributed by atoms with van der Waals surface area (Å²) in [5.74, 6) is -0.238. The first-order chi connectivity index (χ1) is 6.93. The average Bonchev–Trinajstić information content (AvgIpc) is 2.47. The molecule has 3 nitrogen and oxygen atoms in total. The van der Waals surface area contributed by atoms with Crippen molar-refractivity contribution in [2.45, 2.75) is 19.9 Å². The van der Waals surface area contributed by atoms with Crippen LogP contribution in [0, 0.1) is 6.92 Å². The number of hydrogen-bond donors (Lipinski definition) is 2. The summed E-state index contributed by atoms with van der Waals surface area (Å²) in [6.45, 7) is 3.58. The van der Waals surface area contributed by atoms with Gasteiger partial charge < -0.3 is 11.1 Å². The first-order valence-electron chi connectivity index (χ1n) is 4.27. The minimum atomic E-state index is -0.328. The van der Waals surface area contributed by atoms with E-state index >= 15 is 0 Å². The molecule has 0 spiro atoms. The maximum Gasteiger partial charge on any atom is 0.263 e. The number of halogens is 1. The Hall–Kier alpha value is -0.650. The molecule has 15 heavy (non-hydrogen) atoms. The van der Waals surface area contributed by atoms with Crippen molar-refractivity contribution in [2.24, 2.45) is 5.73 Å². The highest BCUT2D eigenvalue weighted by Gasteiger charge is 2.17. The van der Waals surface area contributed by atoms with Crippen LogP contribution in [0.2, 0.25) is 5.02 Å². The monoisotopic (exact) mass is 262 g/mol. The molecule has 0 aliphatic heterocycles. The van der Waals surface area contributed by atoms with E-state index in [1.165, 1.54) is 11.3 Å². The van der Waals surface area contributed by atoms with Crippen molar-refractivity contribution >= 4 is 46.1 Å². The first kappa shape index (κ1) is 12.4. The van der Waals surface area contributed by atoms with E-state index in [0.717, 1.165) is 5.56 Å². The number of thiocarbonyl (C=S) groups is 1. The molecule has 3 N–H and O–H groups in total. The van der Waals surface area contributed by atoms with Crippen molar-refractivity contribution in [3.63, 3.8) is 0 Å². The van der Waals surface area contributed by atoms with E-state index in [1.807, 2.05) is 12.3 Å². The van der Waals surface area contributed by atoms with Gasteiger partial charge in [-0.05, 0) is 24.8 Å². The SMILES string of the molecule is Cc1csc(C(=O)NC(C)C(N)=S)c1Cl. The zero-order chi connectivity index (χ0) is 11.6. The molecule has 0 fully saturated rings. The summed E-state index contributed by atoms with van der Waals surface area (Å²) in [5, 5.41) is 5.00. The molecule has 6 heteroatoms. The summed E-state index contributed by atoms with van der Waals surface area (Å²) in [4.78, 5) is 12.4. The smallest absolute Gasteiger partial charge is 0.263 e. The Morgan fingerprint density at radius 2 is 2.33 bits per heavy atom. The van der Waals surface area contributed by atoms with Gasteiger partial charge in [-0.15, -0.1) is 11.3 Å². The van der Waals surface area contributed by atoms with Crippen molar-refractivity contribution in [1.29, 1.82) is 0 Å². The zero-order valence-corrected chi connectivity index (χ0v) is 10.7. The molecule has 1 rings (SSSR count). The molecule has 0 aliphatic carbocycles. The summed E-state index contributed by atoms with van der Waals surface area (Å²) in [7, 11) is 0. The van der Waals surface area contributed by atoms with Crippen LogP contribution in [-0.4, -0.2) is 16.9 Å². The molecular weight excluding hydrogens is 252 g/mol. The second-order valence-electron chi connectivity index (χ2n) is 3.16. The van der Waals surface area contributed by atoms with E-state index in [4.69, 9.17) is 29.6 Å². The largest absolute Gasteiger partial charge is 0.392 e. The second-order valence-corrected chi connectivity index (χ2v) is 4.89. The second kappa shape index (κ2) is 4.92. The lowest BCUT2D eigenvalue weighted by Gasteiger charge is -2.11. The van der Waals surface area contributed by atoms with Crippen LogP contribution in [0.25, 0.3) is 0 Å². The molecule has 1 atom stereocenters. The van der Waals surface area contributed by atoms with E-state index < -0.39 is 0 Å². The maximum atomic E-state index is 11.7. The van der Waals surface area contributed by atoms with Gasteiger partial charge in [-0.3, -0.25) is 4.79 Å². The van der Waals surface area contributed by atoms with Gasteiger partial charge >= 0.3 is 0 Å². The van der Waals surface area contributed by atoms with E-state index in [9.17, 15) is 4.79 Å². The quantitative estimate of drug-likeness (QED) is 0.821. The molecule has 0 saturated heterocycles. The van der Waals surface area contributed by atoms with E-state index in [1.54, 1.807) is 6.92 Å². The van der Waals surface area contributed by atoms with Gasteiger partial charge in [-0.2, -0.15) is 0 Å². The van der Waals surface area contributed by atoms with Crippen LogP contribution in [0.1, 0.15) is 22.2 Å². The number of thiophene rings is 1. The molecule has 0 radical (unpaired) electrons. The van der Waals surface area contributed by atoms with E-state index in [0.29, 0.717) is 9.90 Å². The standard InChI is InChI=1S/C9H11ClN2OS2/c1-4-3-15-7(6(4)10)9(13)12-5(2)8(11)14/h3,5H,1-2H3,(H2,11,14)(H,12,13). The molecular formula is C9H11ClN2OS2. The van der Waals surface area contributed by atoms with Crippen LogP contribution in [0.15, 0.2) is 5.38 Å². The van der Waals surface area contributed by atoms with Gasteiger partial charge in [0.1, 0.15) is 4.88 Å². The highest BCUT2D eigenvalue weighted by atomic mass is 35.5. The summed E-state index contributed by atoms with van der Waals surface area (Å²) < 4.78 is 0. The average molecular weight is 263 g/mol. The third kappa shape index (κ3) is 2.90.